The molecule has 0 bridgehead atoms. The molecule has 0 saturated carbocycles. The summed E-state index contributed by atoms with van der Waals surface area (Å²) < 4.78 is 52.6. The highest BCUT2D eigenvalue weighted by Gasteiger charge is 2.20. The molecule has 21 heavy (non-hydrogen) atoms. The topological polar surface area (TPSA) is 42.0 Å². The molecule has 0 aliphatic carbocycles. The molecule has 110 valence electrons. The molecule has 2 rings (SSSR count). The summed E-state index contributed by atoms with van der Waals surface area (Å²) in [7, 11) is 0. The van der Waals surface area contributed by atoms with Gasteiger partial charge in [-0.3, -0.25) is 4.79 Å². The Hall–Kier alpha value is -2.09. The quantitative estimate of drug-likeness (QED) is 0.534. The zero-order valence-corrected chi connectivity index (χ0v) is 11.2. The van der Waals surface area contributed by atoms with Gasteiger partial charge < -0.3 is 5.32 Å². The van der Waals surface area contributed by atoms with Crippen LogP contribution in [0.4, 0.5) is 23.2 Å². The van der Waals surface area contributed by atoms with E-state index in [-0.39, 0.29) is 11.8 Å². The SMILES string of the molecule is O=C(CSc1ccccn1)Nc1c(F)c(F)cc(F)c1F. The van der Waals surface area contributed by atoms with Crippen LogP contribution >= 0.6 is 11.8 Å². The third kappa shape index (κ3) is 3.72. The second kappa shape index (κ2) is 6.57. The Balaban J connectivity index is 2.07. The number of nitrogens with zero attached hydrogens (tertiary/aromatic N) is 1. The molecule has 2 aromatic rings. The number of carbonyl (C=O) groups is 1. The minimum atomic E-state index is -1.65. The number of carbonyl (C=O) groups excluding carboxylic acids is 1. The molecule has 0 aliphatic rings. The summed E-state index contributed by atoms with van der Waals surface area (Å²) in [6, 6.07) is 5.10. The first-order chi connectivity index (χ1) is 9.99. The Morgan fingerprint density at radius 1 is 1.14 bits per heavy atom. The number of halogens is 4. The maximum atomic E-state index is 13.4. The molecule has 0 saturated heterocycles. The molecular weight excluding hydrogens is 308 g/mol. The van der Waals surface area contributed by atoms with Crippen LogP contribution in [0, 0.1) is 23.3 Å². The summed E-state index contributed by atoms with van der Waals surface area (Å²) in [5.41, 5.74) is -1.14. The van der Waals surface area contributed by atoms with Gasteiger partial charge in [-0.25, -0.2) is 22.5 Å². The van der Waals surface area contributed by atoms with Crippen LogP contribution in [0.1, 0.15) is 0 Å². The van der Waals surface area contributed by atoms with Gasteiger partial charge in [0.05, 0.1) is 10.8 Å². The maximum absolute atomic E-state index is 13.4. The number of nitrogens with one attached hydrogen (secondary N) is 1. The lowest BCUT2D eigenvalue weighted by Crippen LogP contribution is -2.17. The van der Waals surface area contributed by atoms with Crippen LogP contribution in [0.5, 0.6) is 0 Å². The highest BCUT2D eigenvalue weighted by Crippen LogP contribution is 2.24. The lowest BCUT2D eigenvalue weighted by molar-refractivity contribution is -0.113. The maximum Gasteiger partial charge on any atom is 0.234 e. The van der Waals surface area contributed by atoms with Crippen molar-refractivity contribution < 1.29 is 22.4 Å². The predicted molar refractivity (Wildman–Crippen MR) is 69.9 cm³/mol. The molecule has 3 nitrogen and oxygen atoms in total. The molecule has 0 radical (unpaired) electrons. The van der Waals surface area contributed by atoms with E-state index in [4.69, 9.17) is 0 Å². The fourth-order valence-corrected chi connectivity index (χ4v) is 2.09. The van der Waals surface area contributed by atoms with Gasteiger partial charge in [-0.2, -0.15) is 0 Å². The van der Waals surface area contributed by atoms with E-state index in [9.17, 15) is 22.4 Å². The number of benzene rings is 1. The Bertz CT molecular complexity index is 641. The molecule has 1 heterocycles. The summed E-state index contributed by atoms with van der Waals surface area (Å²) >= 11 is 1.01. The molecule has 1 aromatic heterocycles. The fourth-order valence-electron chi connectivity index (χ4n) is 1.43. The third-order valence-electron chi connectivity index (χ3n) is 2.37. The molecule has 0 aliphatic heterocycles. The molecular formula is C13H8F4N2OS. The van der Waals surface area contributed by atoms with Crippen molar-refractivity contribution in [1.82, 2.24) is 4.98 Å². The first-order valence-corrected chi connectivity index (χ1v) is 6.64. The van der Waals surface area contributed by atoms with Gasteiger partial charge >= 0.3 is 0 Å². The van der Waals surface area contributed by atoms with Gasteiger partial charge in [0.25, 0.3) is 0 Å². The Morgan fingerprint density at radius 2 is 1.81 bits per heavy atom. The zero-order chi connectivity index (χ0) is 15.4. The van der Waals surface area contributed by atoms with Crippen LogP contribution in [0.15, 0.2) is 35.5 Å². The van der Waals surface area contributed by atoms with Crippen molar-refractivity contribution in [3.8, 4) is 0 Å². The number of aromatic nitrogens is 1. The molecule has 0 unspecified atom stereocenters. The third-order valence-corrected chi connectivity index (χ3v) is 3.31. The average Bonchev–Trinajstić information content (AvgIpc) is 2.48. The fraction of sp³-hybridized carbons (Fsp3) is 0.0769. The summed E-state index contributed by atoms with van der Waals surface area (Å²) in [6.07, 6.45) is 1.52. The number of pyridine rings is 1. The Labute approximate surface area is 121 Å². The normalized spacial score (nSPS) is 10.5. The highest BCUT2D eigenvalue weighted by atomic mass is 32.2. The van der Waals surface area contributed by atoms with Crippen molar-refractivity contribution in [3.63, 3.8) is 0 Å². The van der Waals surface area contributed by atoms with Crippen molar-refractivity contribution in [3.05, 3.63) is 53.7 Å². The van der Waals surface area contributed by atoms with Crippen LogP contribution in [0.2, 0.25) is 0 Å². The zero-order valence-electron chi connectivity index (χ0n) is 10.4. The van der Waals surface area contributed by atoms with E-state index < -0.39 is 34.9 Å². The molecule has 8 heteroatoms. The van der Waals surface area contributed by atoms with Crippen LogP contribution in [-0.2, 0) is 4.79 Å². The van der Waals surface area contributed by atoms with Gasteiger partial charge in [-0.1, -0.05) is 17.8 Å². The number of rotatable bonds is 4. The lowest BCUT2D eigenvalue weighted by atomic mass is 10.2. The van der Waals surface area contributed by atoms with Crippen molar-refractivity contribution >= 4 is 23.4 Å². The Kier molecular flexibility index (Phi) is 4.79. The van der Waals surface area contributed by atoms with Gasteiger partial charge in [0.1, 0.15) is 5.69 Å². The molecule has 0 fully saturated rings. The number of hydrogen-bond donors (Lipinski definition) is 1. The van der Waals surface area contributed by atoms with E-state index in [1.165, 1.54) is 6.20 Å². The largest absolute Gasteiger partial charge is 0.320 e. The molecule has 0 spiro atoms. The standard InChI is InChI=1S/C13H8F4N2OS/c14-7-5-8(15)12(17)13(11(7)16)19-9(20)6-21-10-3-1-2-4-18-10/h1-5H,6H2,(H,19,20). The van der Waals surface area contributed by atoms with E-state index in [1.807, 2.05) is 5.32 Å². The van der Waals surface area contributed by atoms with Gasteiger partial charge in [-0.15, -0.1) is 0 Å². The number of anilines is 1. The van der Waals surface area contributed by atoms with Crippen LogP contribution in [-0.4, -0.2) is 16.6 Å². The summed E-state index contributed by atoms with van der Waals surface area (Å²) in [5.74, 6) is -7.49. The number of thioether (sulfide) groups is 1. The molecule has 1 amide bonds. The van der Waals surface area contributed by atoms with E-state index >= 15 is 0 Å². The Morgan fingerprint density at radius 3 is 2.38 bits per heavy atom. The predicted octanol–water partition coefficient (Wildman–Crippen LogP) is 3.37. The van der Waals surface area contributed by atoms with E-state index in [2.05, 4.69) is 4.98 Å². The van der Waals surface area contributed by atoms with Gasteiger partial charge in [-0.05, 0) is 12.1 Å². The van der Waals surface area contributed by atoms with Crippen LogP contribution < -0.4 is 5.32 Å². The van der Waals surface area contributed by atoms with Crippen molar-refractivity contribution in [2.75, 3.05) is 11.1 Å². The monoisotopic (exact) mass is 316 g/mol. The second-order valence-corrected chi connectivity index (χ2v) is 4.84. The van der Waals surface area contributed by atoms with E-state index in [1.54, 1.807) is 18.2 Å². The van der Waals surface area contributed by atoms with Gasteiger partial charge in [0, 0.05) is 12.3 Å². The number of amides is 1. The first kappa shape index (κ1) is 15.3. The molecule has 0 atom stereocenters. The smallest absolute Gasteiger partial charge is 0.234 e. The van der Waals surface area contributed by atoms with E-state index in [0.29, 0.717) is 5.03 Å². The second-order valence-electron chi connectivity index (χ2n) is 3.85. The highest BCUT2D eigenvalue weighted by molar-refractivity contribution is 7.99. The molecule has 1 aromatic carbocycles. The minimum absolute atomic E-state index is 0.0724. The lowest BCUT2D eigenvalue weighted by Gasteiger charge is -2.08. The number of hydrogen-bond acceptors (Lipinski definition) is 3. The van der Waals surface area contributed by atoms with Gasteiger partial charge in [0.2, 0.25) is 5.91 Å². The summed E-state index contributed by atoms with van der Waals surface area (Å²) in [6.45, 7) is 0. The van der Waals surface area contributed by atoms with Crippen molar-refractivity contribution in [2.45, 2.75) is 5.03 Å². The minimum Gasteiger partial charge on any atom is -0.320 e. The molecule has 1 N–H and O–H groups in total. The van der Waals surface area contributed by atoms with Crippen molar-refractivity contribution in [2.24, 2.45) is 0 Å². The average molecular weight is 316 g/mol. The van der Waals surface area contributed by atoms with Gasteiger partial charge in [0.15, 0.2) is 23.3 Å². The summed E-state index contributed by atoms with van der Waals surface area (Å²) in [4.78, 5) is 15.5. The van der Waals surface area contributed by atoms with Crippen LogP contribution in [0.25, 0.3) is 0 Å². The van der Waals surface area contributed by atoms with E-state index in [0.717, 1.165) is 11.8 Å². The summed E-state index contributed by atoms with van der Waals surface area (Å²) in [5, 5.41) is 2.34. The van der Waals surface area contributed by atoms with Crippen molar-refractivity contribution in [1.29, 1.82) is 0 Å². The van der Waals surface area contributed by atoms with Crippen LogP contribution in [0.3, 0.4) is 0 Å². The first-order valence-electron chi connectivity index (χ1n) is 5.65.